The highest BCUT2D eigenvalue weighted by Crippen LogP contribution is 2.06. The molecule has 0 spiro atoms. The lowest BCUT2D eigenvalue weighted by atomic mass is 10.2. The summed E-state index contributed by atoms with van der Waals surface area (Å²) in [6, 6.07) is 8.02. The topological polar surface area (TPSA) is 43.6 Å². The summed E-state index contributed by atoms with van der Waals surface area (Å²) in [5.74, 6) is 0.770. The summed E-state index contributed by atoms with van der Waals surface area (Å²) < 4.78 is 0. The van der Waals surface area contributed by atoms with Crippen LogP contribution in [0.1, 0.15) is 18.3 Å². The lowest BCUT2D eigenvalue weighted by Crippen LogP contribution is -1.99. The predicted octanol–water partition coefficient (Wildman–Crippen LogP) is 1.53. The molecule has 0 unspecified atom stereocenters. The molecule has 2 rings (SSSR count). The average Bonchev–Trinajstić information content (AvgIpc) is 2.66. The van der Waals surface area contributed by atoms with Crippen LogP contribution in [0.3, 0.4) is 0 Å². The van der Waals surface area contributed by atoms with Gasteiger partial charge in [-0.3, -0.25) is 0 Å². The smallest absolute Gasteiger partial charge is 0.131 e. The van der Waals surface area contributed by atoms with Crippen LogP contribution in [0.25, 0.3) is 5.69 Å². The van der Waals surface area contributed by atoms with Crippen LogP contribution < -0.4 is 0 Å². The predicted molar refractivity (Wildman–Crippen MR) is 53.3 cm³/mol. The number of rotatable bonds is 2. The van der Waals surface area contributed by atoms with E-state index in [4.69, 9.17) is 0 Å². The molecule has 0 amide bonds. The van der Waals surface area contributed by atoms with Crippen LogP contribution in [0, 0.1) is 6.92 Å². The molecule has 1 heterocycles. The minimum atomic E-state index is 0.770. The first-order valence-electron chi connectivity index (χ1n) is 4.65. The Kier molecular flexibility index (Phi) is 2.26. The molecule has 0 aliphatic carbocycles. The number of benzene rings is 1. The second kappa shape index (κ2) is 3.57. The molecule has 1 aromatic heterocycles. The zero-order valence-corrected chi connectivity index (χ0v) is 8.31. The maximum absolute atomic E-state index is 4.23. The van der Waals surface area contributed by atoms with Crippen LogP contribution >= 0.6 is 0 Å². The lowest BCUT2D eigenvalue weighted by Gasteiger charge is -1.98. The van der Waals surface area contributed by atoms with Crippen LogP contribution in [0.15, 0.2) is 24.3 Å². The zero-order chi connectivity index (χ0) is 9.97. The second-order valence-electron chi connectivity index (χ2n) is 3.19. The van der Waals surface area contributed by atoms with Crippen molar-refractivity contribution in [1.82, 2.24) is 20.2 Å². The Morgan fingerprint density at radius 1 is 1.36 bits per heavy atom. The van der Waals surface area contributed by atoms with E-state index in [9.17, 15) is 0 Å². The fourth-order valence-corrected chi connectivity index (χ4v) is 1.25. The van der Waals surface area contributed by atoms with Crippen LogP contribution in [-0.4, -0.2) is 20.2 Å². The Morgan fingerprint density at radius 2 is 2.21 bits per heavy atom. The zero-order valence-electron chi connectivity index (χ0n) is 8.31. The van der Waals surface area contributed by atoms with Crippen LogP contribution in [0.5, 0.6) is 0 Å². The molecule has 0 saturated carbocycles. The maximum Gasteiger partial charge on any atom is 0.174 e. The van der Waals surface area contributed by atoms with Gasteiger partial charge in [-0.2, -0.15) is 0 Å². The summed E-state index contributed by atoms with van der Waals surface area (Å²) in [7, 11) is 0. The summed E-state index contributed by atoms with van der Waals surface area (Å²) in [5, 5.41) is 12.1. The first-order valence-corrected chi connectivity index (χ1v) is 4.65. The summed E-state index contributed by atoms with van der Waals surface area (Å²) in [5.41, 5.74) is 2.15. The fourth-order valence-electron chi connectivity index (χ4n) is 1.25. The van der Waals surface area contributed by atoms with Gasteiger partial charge in [0.2, 0.25) is 0 Å². The normalized spacial score (nSPS) is 10.4. The summed E-state index contributed by atoms with van der Waals surface area (Å²) in [4.78, 5) is 1.56. The van der Waals surface area contributed by atoms with Crippen LogP contribution in [-0.2, 0) is 6.42 Å². The van der Waals surface area contributed by atoms with E-state index in [-0.39, 0.29) is 0 Å². The van der Waals surface area contributed by atoms with Gasteiger partial charge in [0, 0.05) is 6.42 Å². The molecule has 0 radical (unpaired) electrons. The van der Waals surface area contributed by atoms with Crippen molar-refractivity contribution in [3.8, 4) is 5.69 Å². The van der Waals surface area contributed by atoms with E-state index in [1.807, 2.05) is 38.1 Å². The SMILES string of the molecule is CCc1nnn(-c2cccc(C)c2)n1. The fraction of sp³-hybridized carbons (Fsp3) is 0.300. The Bertz CT molecular complexity index is 433. The number of hydrogen-bond donors (Lipinski definition) is 0. The van der Waals surface area contributed by atoms with Crippen molar-refractivity contribution in [3.63, 3.8) is 0 Å². The molecular weight excluding hydrogens is 176 g/mol. The molecule has 0 bridgehead atoms. The third-order valence-electron chi connectivity index (χ3n) is 2.00. The third kappa shape index (κ3) is 1.64. The molecule has 1 aromatic carbocycles. The van der Waals surface area contributed by atoms with Crippen molar-refractivity contribution in [2.24, 2.45) is 0 Å². The van der Waals surface area contributed by atoms with E-state index in [1.54, 1.807) is 4.80 Å². The summed E-state index contributed by atoms with van der Waals surface area (Å²) in [6.45, 7) is 4.05. The first-order chi connectivity index (χ1) is 6.79. The van der Waals surface area contributed by atoms with E-state index >= 15 is 0 Å². The maximum atomic E-state index is 4.23. The van der Waals surface area contributed by atoms with Gasteiger partial charge in [-0.05, 0) is 29.8 Å². The van der Waals surface area contributed by atoms with Gasteiger partial charge in [-0.25, -0.2) is 0 Å². The minimum absolute atomic E-state index is 0.770. The quantitative estimate of drug-likeness (QED) is 0.717. The van der Waals surface area contributed by atoms with E-state index in [0.717, 1.165) is 17.9 Å². The number of hydrogen-bond acceptors (Lipinski definition) is 3. The van der Waals surface area contributed by atoms with Crippen molar-refractivity contribution < 1.29 is 0 Å². The number of aromatic nitrogens is 4. The van der Waals surface area contributed by atoms with Gasteiger partial charge in [-0.1, -0.05) is 19.1 Å². The molecular formula is C10H12N4. The molecule has 4 heteroatoms. The van der Waals surface area contributed by atoms with Crippen molar-refractivity contribution in [1.29, 1.82) is 0 Å². The highest BCUT2D eigenvalue weighted by molar-refractivity contribution is 5.32. The van der Waals surface area contributed by atoms with Crippen molar-refractivity contribution >= 4 is 0 Å². The third-order valence-corrected chi connectivity index (χ3v) is 2.00. The first kappa shape index (κ1) is 8.87. The molecule has 0 fully saturated rings. The van der Waals surface area contributed by atoms with Gasteiger partial charge >= 0.3 is 0 Å². The van der Waals surface area contributed by atoms with E-state index in [2.05, 4.69) is 15.4 Å². The molecule has 72 valence electrons. The molecule has 0 N–H and O–H groups in total. The van der Waals surface area contributed by atoms with Gasteiger partial charge in [0.1, 0.15) is 0 Å². The van der Waals surface area contributed by atoms with Gasteiger partial charge in [-0.15, -0.1) is 15.0 Å². The second-order valence-corrected chi connectivity index (χ2v) is 3.19. The molecule has 0 aliphatic heterocycles. The van der Waals surface area contributed by atoms with Crippen molar-refractivity contribution in [2.45, 2.75) is 20.3 Å². The molecule has 2 aromatic rings. The Hall–Kier alpha value is -1.71. The Balaban J connectivity index is 2.39. The van der Waals surface area contributed by atoms with Crippen LogP contribution in [0.4, 0.5) is 0 Å². The summed E-state index contributed by atoms with van der Waals surface area (Å²) >= 11 is 0. The monoisotopic (exact) mass is 188 g/mol. The molecule has 0 aliphatic rings. The molecule has 14 heavy (non-hydrogen) atoms. The Morgan fingerprint density at radius 3 is 2.86 bits per heavy atom. The van der Waals surface area contributed by atoms with E-state index in [0.29, 0.717) is 0 Å². The number of tetrazole rings is 1. The summed E-state index contributed by atoms with van der Waals surface area (Å²) in [6.07, 6.45) is 0.811. The van der Waals surface area contributed by atoms with Crippen LogP contribution in [0.2, 0.25) is 0 Å². The van der Waals surface area contributed by atoms with Gasteiger partial charge in [0.25, 0.3) is 0 Å². The standard InChI is InChI=1S/C10H12N4/c1-3-10-11-13-14(12-10)9-6-4-5-8(2)7-9/h4-7H,3H2,1-2H3. The van der Waals surface area contributed by atoms with E-state index in [1.165, 1.54) is 5.56 Å². The van der Waals surface area contributed by atoms with Gasteiger partial charge < -0.3 is 0 Å². The van der Waals surface area contributed by atoms with Gasteiger partial charge in [0.05, 0.1) is 5.69 Å². The van der Waals surface area contributed by atoms with E-state index < -0.39 is 0 Å². The number of aryl methyl sites for hydroxylation is 2. The number of nitrogens with zero attached hydrogens (tertiary/aromatic N) is 4. The minimum Gasteiger partial charge on any atom is -0.131 e. The van der Waals surface area contributed by atoms with Gasteiger partial charge in [0.15, 0.2) is 5.82 Å². The Labute approximate surface area is 82.6 Å². The highest BCUT2D eigenvalue weighted by Gasteiger charge is 2.01. The van der Waals surface area contributed by atoms with Crippen molar-refractivity contribution in [3.05, 3.63) is 35.7 Å². The molecule has 0 saturated heterocycles. The lowest BCUT2D eigenvalue weighted by molar-refractivity contribution is 0.717. The van der Waals surface area contributed by atoms with Crippen molar-refractivity contribution in [2.75, 3.05) is 0 Å². The largest absolute Gasteiger partial charge is 0.174 e. The molecule has 0 atom stereocenters. The molecule has 4 nitrogen and oxygen atoms in total. The average molecular weight is 188 g/mol. The highest BCUT2D eigenvalue weighted by atomic mass is 15.6.